The van der Waals surface area contributed by atoms with Crippen LogP contribution in [0.25, 0.3) is 10.7 Å². The van der Waals surface area contributed by atoms with Gasteiger partial charge in [0.15, 0.2) is 0 Å². The number of nitrogens with zero attached hydrogens (tertiary/aromatic N) is 3. The molecule has 1 saturated heterocycles. The summed E-state index contributed by atoms with van der Waals surface area (Å²) in [6, 6.07) is 4.87. The van der Waals surface area contributed by atoms with Gasteiger partial charge in [0, 0.05) is 38.8 Å². The number of aryl methyl sites for hydroxylation is 2. The average Bonchev–Trinajstić information content (AvgIpc) is 3.48. The molecule has 3 aromatic rings. The van der Waals surface area contributed by atoms with Crippen molar-refractivity contribution in [3.05, 3.63) is 47.0 Å². The van der Waals surface area contributed by atoms with Crippen LogP contribution < -0.4 is 4.72 Å². The Labute approximate surface area is 185 Å². The molecule has 0 aromatic carbocycles. The minimum Gasteiger partial charge on any atom is -0.469 e. The third-order valence-corrected chi connectivity index (χ3v) is 8.06. The largest absolute Gasteiger partial charge is 0.469 e. The Morgan fingerprint density at radius 3 is 2.77 bits per heavy atom. The highest BCUT2D eigenvalue weighted by molar-refractivity contribution is 7.89. The first-order chi connectivity index (χ1) is 14.7. The molecule has 1 aliphatic heterocycles. The van der Waals surface area contributed by atoms with E-state index in [4.69, 9.17) is 4.42 Å². The van der Waals surface area contributed by atoms with Crippen LogP contribution in [0.15, 0.2) is 40.0 Å². The molecular formula is C21H26N4O4S2. The van der Waals surface area contributed by atoms with Gasteiger partial charge in [-0.1, -0.05) is 0 Å². The second-order valence-electron chi connectivity index (χ2n) is 7.91. The number of aromatic nitrogens is 2. The molecule has 4 rings (SSSR count). The maximum atomic E-state index is 12.9. The summed E-state index contributed by atoms with van der Waals surface area (Å²) in [6.07, 6.45) is 5.65. The van der Waals surface area contributed by atoms with E-state index in [2.05, 4.69) is 9.71 Å². The fourth-order valence-electron chi connectivity index (χ4n) is 3.77. The molecule has 0 unspecified atom stereocenters. The zero-order valence-electron chi connectivity index (χ0n) is 17.8. The molecule has 1 fully saturated rings. The quantitative estimate of drug-likeness (QED) is 0.582. The summed E-state index contributed by atoms with van der Waals surface area (Å²) in [4.78, 5) is 20.0. The number of carbonyl (C=O) groups is 1. The highest BCUT2D eigenvalue weighted by Crippen LogP contribution is 2.31. The van der Waals surface area contributed by atoms with Gasteiger partial charge < -0.3 is 13.9 Å². The number of amides is 1. The first-order valence-electron chi connectivity index (χ1n) is 10.2. The summed E-state index contributed by atoms with van der Waals surface area (Å²) in [7, 11) is -1.94. The maximum absolute atomic E-state index is 12.9. The number of likely N-dealkylation sites (tertiary alicyclic amines) is 1. The average molecular weight is 463 g/mol. The molecule has 8 nitrogen and oxygen atoms in total. The molecule has 0 spiro atoms. The summed E-state index contributed by atoms with van der Waals surface area (Å²) in [6.45, 7) is 5.17. The fourth-order valence-corrected chi connectivity index (χ4v) is 6.17. The van der Waals surface area contributed by atoms with Crippen LogP contribution >= 0.6 is 11.3 Å². The van der Waals surface area contributed by atoms with Gasteiger partial charge in [-0.15, -0.1) is 11.3 Å². The minimum atomic E-state index is -3.72. The maximum Gasteiger partial charge on any atom is 0.265 e. The van der Waals surface area contributed by atoms with E-state index in [1.54, 1.807) is 43.1 Å². The van der Waals surface area contributed by atoms with Gasteiger partial charge in [0.25, 0.3) is 5.91 Å². The number of thiazole rings is 1. The third kappa shape index (κ3) is 4.60. The Hall–Kier alpha value is -2.43. The van der Waals surface area contributed by atoms with Crippen LogP contribution in [0.1, 0.15) is 40.9 Å². The lowest BCUT2D eigenvalue weighted by molar-refractivity contribution is 0.0796. The van der Waals surface area contributed by atoms with Crippen LogP contribution in [-0.2, 0) is 23.5 Å². The predicted molar refractivity (Wildman–Crippen MR) is 119 cm³/mol. The van der Waals surface area contributed by atoms with Crippen molar-refractivity contribution in [1.29, 1.82) is 0 Å². The molecule has 1 aliphatic rings. The smallest absolute Gasteiger partial charge is 0.265 e. The van der Waals surface area contributed by atoms with Gasteiger partial charge in [-0.2, -0.15) is 0 Å². The predicted octanol–water partition coefficient (Wildman–Crippen LogP) is 3.20. The van der Waals surface area contributed by atoms with Crippen molar-refractivity contribution in [3.63, 3.8) is 0 Å². The molecule has 166 valence electrons. The van der Waals surface area contributed by atoms with Gasteiger partial charge in [-0.3, -0.25) is 4.79 Å². The molecule has 10 heteroatoms. The van der Waals surface area contributed by atoms with Crippen LogP contribution in [0.5, 0.6) is 0 Å². The van der Waals surface area contributed by atoms with Gasteiger partial charge in [-0.05, 0) is 44.9 Å². The van der Waals surface area contributed by atoms with E-state index in [0.717, 1.165) is 31.7 Å². The number of rotatable bonds is 7. The van der Waals surface area contributed by atoms with Gasteiger partial charge >= 0.3 is 0 Å². The van der Waals surface area contributed by atoms with E-state index in [1.165, 1.54) is 11.3 Å². The topological polar surface area (TPSA) is 97.4 Å². The first kappa shape index (κ1) is 21.8. The molecule has 1 N–H and O–H groups in total. The molecule has 4 heterocycles. The van der Waals surface area contributed by atoms with E-state index in [0.29, 0.717) is 27.7 Å². The summed E-state index contributed by atoms with van der Waals surface area (Å²) >= 11 is 1.31. The normalized spacial score (nSPS) is 15.5. The van der Waals surface area contributed by atoms with Crippen LogP contribution in [0.2, 0.25) is 0 Å². The van der Waals surface area contributed by atoms with Gasteiger partial charge in [0.1, 0.15) is 20.5 Å². The molecular weight excluding hydrogens is 436 g/mol. The van der Waals surface area contributed by atoms with Crippen LogP contribution in [0, 0.1) is 6.92 Å². The summed E-state index contributed by atoms with van der Waals surface area (Å²) in [5.74, 6) is 0.728. The SMILES string of the molecule is Cc1nc(-c2cc(S(=O)(=O)N[C@@H](C)Cc3ccco3)cn2C)sc1C(=O)N1CCCC1. The van der Waals surface area contributed by atoms with Crippen molar-refractivity contribution in [2.45, 2.75) is 44.0 Å². The van der Waals surface area contributed by atoms with E-state index >= 15 is 0 Å². The standard InChI is InChI=1S/C21H26N4O4S2/c1-14(11-16-7-6-10-29-16)23-31(27,28)17-12-18(24(3)13-17)20-22-15(2)19(30-20)21(26)25-8-4-5-9-25/h6-7,10,12-14,23H,4-5,8-9,11H2,1-3H3/t14-/m0/s1. The van der Waals surface area contributed by atoms with E-state index in [1.807, 2.05) is 17.9 Å². The van der Waals surface area contributed by atoms with Crippen molar-refractivity contribution in [2.75, 3.05) is 13.1 Å². The second-order valence-corrected chi connectivity index (χ2v) is 10.6. The Kier molecular flexibility index (Phi) is 6.05. The number of furan rings is 1. The van der Waals surface area contributed by atoms with Gasteiger partial charge in [0.05, 0.1) is 17.7 Å². The zero-order valence-corrected chi connectivity index (χ0v) is 19.4. The zero-order chi connectivity index (χ0) is 22.2. The van der Waals surface area contributed by atoms with Crippen LogP contribution in [0.3, 0.4) is 0 Å². The number of carbonyl (C=O) groups excluding carboxylic acids is 1. The lowest BCUT2D eigenvalue weighted by Crippen LogP contribution is -2.33. The van der Waals surface area contributed by atoms with Crippen LogP contribution in [0.4, 0.5) is 0 Å². The van der Waals surface area contributed by atoms with Crippen molar-refractivity contribution < 1.29 is 17.6 Å². The Bertz CT molecular complexity index is 1170. The van der Waals surface area contributed by atoms with Crippen LogP contribution in [-0.4, -0.2) is 47.9 Å². The van der Waals surface area contributed by atoms with E-state index < -0.39 is 10.0 Å². The molecule has 31 heavy (non-hydrogen) atoms. The lowest BCUT2D eigenvalue weighted by atomic mass is 10.2. The fraction of sp³-hybridized carbons (Fsp3) is 0.429. The first-order valence-corrected chi connectivity index (χ1v) is 12.5. The van der Waals surface area contributed by atoms with Crippen molar-refractivity contribution in [3.8, 4) is 10.7 Å². The number of hydrogen-bond acceptors (Lipinski definition) is 6. The van der Waals surface area contributed by atoms with Crippen molar-refractivity contribution in [1.82, 2.24) is 19.2 Å². The molecule has 0 aliphatic carbocycles. The molecule has 3 aromatic heterocycles. The number of sulfonamides is 1. The molecule has 1 amide bonds. The third-order valence-electron chi connectivity index (χ3n) is 5.34. The van der Waals surface area contributed by atoms with Gasteiger partial charge in [0.2, 0.25) is 10.0 Å². The molecule has 0 radical (unpaired) electrons. The molecule has 0 bridgehead atoms. The molecule has 0 saturated carbocycles. The van der Waals surface area contributed by atoms with Crippen molar-refractivity contribution in [2.24, 2.45) is 7.05 Å². The van der Waals surface area contributed by atoms with E-state index in [9.17, 15) is 13.2 Å². The highest BCUT2D eigenvalue weighted by atomic mass is 32.2. The monoisotopic (exact) mass is 462 g/mol. The van der Waals surface area contributed by atoms with Gasteiger partial charge in [-0.25, -0.2) is 18.1 Å². The Balaban J connectivity index is 1.54. The second kappa shape index (κ2) is 8.60. The molecule has 1 atom stereocenters. The Morgan fingerprint density at radius 1 is 1.35 bits per heavy atom. The van der Waals surface area contributed by atoms with E-state index in [-0.39, 0.29) is 16.8 Å². The van der Waals surface area contributed by atoms with Crippen molar-refractivity contribution >= 4 is 27.3 Å². The highest BCUT2D eigenvalue weighted by Gasteiger charge is 2.26. The summed E-state index contributed by atoms with van der Waals surface area (Å²) in [5, 5.41) is 0.632. The Morgan fingerprint density at radius 2 is 2.10 bits per heavy atom. The number of nitrogens with one attached hydrogen (secondary N) is 1. The minimum absolute atomic E-state index is 0.00854. The summed E-state index contributed by atoms with van der Waals surface area (Å²) < 4.78 is 35.5. The number of hydrogen-bond donors (Lipinski definition) is 1. The lowest BCUT2D eigenvalue weighted by Gasteiger charge is -2.13. The summed E-state index contributed by atoms with van der Waals surface area (Å²) in [5.41, 5.74) is 1.33.